The summed E-state index contributed by atoms with van der Waals surface area (Å²) in [5.74, 6) is -0.238. The predicted octanol–water partition coefficient (Wildman–Crippen LogP) is 2.91. The molecule has 6 nitrogen and oxygen atoms in total. The fourth-order valence-electron chi connectivity index (χ4n) is 2.46. The van der Waals surface area contributed by atoms with Crippen LogP contribution >= 0.6 is 0 Å². The molecule has 0 aliphatic carbocycles. The third-order valence-electron chi connectivity index (χ3n) is 3.32. The number of carbonyl (C=O) groups excluding carboxylic acids is 1. The van der Waals surface area contributed by atoms with Crippen molar-refractivity contribution >= 4 is 17.3 Å². The van der Waals surface area contributed by atoms with Gasteiger partial charge in [-0.15, -0.1) is 0 Å². The highest BCUT2D eigenvalue weighted by Crippen LogP contribution is 2.28. The highest BCUT2D eigenvalue weighted by molar-refractivity contribution is 5.81. The van der Waals surface area contributed by atoms with Gasteiger partial charge in [-0.1, -0.05) is 0 Å². The fourth-order valence-corrected chi connectivity index (χ4v) is 2.46. The van der Waals surface area contributed by atoms with Crippen LogP contribution in [0.15, 0.2) is 24.3 Å². The summed E-state index contributed by atoms with van der Waals surface area (Å²) in [6.07, 6.45) is 1.65. The first-order chi connectivity index (χ1) is 9.78. The van der Waals surface area contributed by atoms with Crippen LogP contribution in [0.25, 0.3) is 0 Å². The minimum Gasteiger partial charge on any atom is -0.458 e. The Balaban J connectivity index is 2.14. The van der Waals surface area contributed by atoms with Gasteiger partial charge in [0, 0.05) is 24.4 Å². The van der Waals surface area contributed by atoms with E-state index < -0.39 is 10.5 Å². The van der Waals surface area contributed by atoms with E-state index in [1.807, 2.05) is 25.7 Å². The molecule has 0 bridgehead atoms. The van der Waals surface area contributed by atoms with Gasteiger partial charge in [0.05, 0.1) is 4.92 Å². The van der Waals surface area contributed by atoms with E-state index in [-0.39, 0.29) is 17.7 Å². The first-order valence-corrected chi connectivity index (χ1v) is 7.02. The zero-order chi connectivity index (χ0) is 15.6. The molecule has 0 N–H and O–H groups in total. The lowest BCUT2D eigenvalue weighted by Crippen LogP contribution is -2.40. The van der Waals surface area contributed by atoms with Crippen LogP contribution < -0.4 is 4.90 Å². The van der Waals surface area contributed by atoms with Crippen LogP contribution in [0.2, 0.25) is 0 Å². The molecule has 6 heteroatoms. The van der Waals surface area contributed by atoms with E-state index in [1.54, 1.807) is 12.1 Å². The maximum absolute atomic E-state index is 12.2. The molecular formula is C15H20N2O4. The summed E-state index contributed by atoms with van der Waals surface area (Å²) < 4.78 is 5.45. The van der Waals surface area contributed by atoms with Crippen LogP contribution in [0.3, 0.4) is 0 Å². The molecule has 1 aromatic carbocycles. The van der Waals surface area contributed by atoms with Crippen molar-refractivity contribution in [1.82, 2.24) is 0 Å². The van der Waals surface area contributed by atoms with Crippen LogP contribution in [0.5, 0.6) is 0 Å². The molecule has 1 heterocycles. The highest BCUT2D eigenvalue weighted by Gasteiger charge is 2.34. The molecular weight excluding hydrogens is 272 g/mol. The number of nitro benzene ring substituents is 1. The topological polar surface area (TPSA) is 72.7 Å². The van der Waals surface area contributed by atoms with Gasteiger partial charge in [-0.25, -0.2) is 4.79 Å². The Labute approximate surface area is 123 Å². The van der Waals surface area contributed by atoms with Crippen molar-refractivity contribution in [3.05, 3.63) is 34.4 Å². The molecule has 1 saturated heterocycles. The molecule has 1 atom stereocenters. The van der Waals surface area contributed by atoms with E-state index in [1.165, 1.54) is 12.1 Å². The average Bonchev–Trinajstić information content (AvgIpc) is 2.86. The van der Waals surface area contributed by atoms with Gasteiger partial charge in [0.15, 0.2) is 0 Å². The Kier molecular flexibility index (Phi) is 4.16. The lowest BCUT2D eigenvalue weighted by molar-refractivity contribution is -0.384. The summed E-state index contributed by atoms with van der Waals surface area (Å²) in [6.45, 7) is 6.28. The van der Waals surface area contributed by atoms with E-state index in [0.29, 0.717) is 0 Å². The molecule has 0 spiro atoms. The second-order valence-electron chi connectivity index (χ2n) is 6.16. The van der Waals surface area contributed by atoms with Gasteiger partial charge in [0.2, 0.25) is 0 Å². The fraction of sp³-hybridized carbons (Fsp3) is 0.533. The van der Waals surface area contributed by atoms with Gasteiger partial charge in [0.1, 0.15) is 11.6 Å². The van der Waals surface area contributed by atoms with Gasteiger partial charge >= 0.3 is 5.97 Å². The molecule has 2 rings (SSSR count). The Bertz CT molecular complexity index is 534. The number of benzene rings is 1. The molecule has 1 aliphatic rings. The number of anilines is 1. The summed E-state index contributed by atoms with van der Waals surface area (Å²) in [4.78, 5) is 24.5. The Morgan fingerprint density at radius 2 is 1.95 bits per heavy atom. The van der Waals surface area contributed by atoms with E-state index >= 15 is 0 Å². The number of esters is 1. The van der Waals surface area contributed by atoms with Gasteiger partial charge < -0.3 is 9.64 Å². The Morgan fingerprint density at radius 1 is 1.33 bits per heavy atom. The van der Waals surface area contributed by atoms with Crippen LogP contribution in [0.4, 0.5) is 11.4 Å². The van der Waals surface area contributed by atoms with Crippen molar-refractivity contribution in [1.29, 1.82) is 0 Å². The van der Waals surface area contributed by atoms with Crippen molar-refractivity contribution in [2.45, 2.75) is 45.3 Å². The molecule has 0 unspecified atom stereocenters. The van der Waals surface area contributed by atoms with E-state index in [4.69, 9.17) is 4.74 Å². The molecule has 1 aromatic rings. The first-order valence-electron chi connectivity index (χ1n) is 7.02. The summed E-state index contributed by atoms with van der Waals surface area (Å²) >= 11 is 0. The highest BCUT2D eigenvalue weighted by atomic mass is 16.6. The van der Waals surface area contributed by atoms with E-state index in [0.717, 1.165) is 25.1 Å². The summed E-state index contributed by atoms with van der Waals surface area (Å²) in [5.41, 5.74) is 0.349. The Morgan fingerprint density at radius 3 is 2.48 bits per heavy atom. The summed E-state index contributed by atoms with van der Waals surface area (Å²) in [7, 11) is 0. The monoisotopic (exact) mass is 292 g/mol. The van der Waals surface area contributed by atoms with Crippen molar-refractivity contribution < 1.29 is 14.5 Å². The standard InChI is InChI=1S/C15H20N2O4/c1-15(2,3)21-14(18)13-5-4-10-16(13)11-6-8-12(9-7-11)17(19)20/h6-9,13H,4-5,10H2,1-3H3/t13-/m0/s1. The van der Waals surface area contributed by atoms with Gasteiger partial charge in [-0.3, -0.25) is 10.1 Å². The van der Waals surface area contributed by atoms with Gasteiger partial charge in [0.25, 0.3) is 5.69 Å². The minimum absolute atomic E-state index is 0.0479. The number of nitrogens with zero attached hydrogens (tertiary/aromatic N) is 2. The third-order valence-corrected chi connectivity index (χ3v) is 3.32. The van der Waals surface area contributed by atoms with Crippen LogP contribution in [-0.2, 0) is 9.53 Å². The molecule has 114 valence electrons. The second-order valence-corrected chi connectivity index (χ2v) is 6.16. The zero-order valence-electron chi connectivity index (χ0n) is 12.5. The Hall–Kier alpha value is -2.11. The lowest BCUT2D eigenvalue weighted by atomic mass is 10.1. The average molecular weight is 292 g/mol. The van der Waals surface area contributed by atoms with Gasteiger partial charge in [-0.2, -0.15) is 0 Å². The van der Waals surface area contributed by atoms with Crippen molar-refractivity contribution in [3.63, 3.8) is 0 Å². The smallest absolute Gasteiger partial charge is 0.329 e. The number of hydrogen-bond acceptors (Lipinski definition) is 5. The minimum atomic E-state index is -0.513. The summed E-state index contributed by atoms with van der Waals surface area (Å²) in [6, 6.07) is 5.96. The van der Waals surface area contributed by atoms with Crippen LogP contribution in [0, 0.1) is 10.1 Å². The molecule has 0 amide bonds. The largest absolute Gasteiger partial charge is 0.458 e. The normalized spacial score (nSPS) is 18.6. The number of nitro groups is 1. The lowest BCUT2D eigenvalue weighted by Gasteiger charge is -2.28. The van der Waals surface area contributed by atoms with Gasteiger partial charge in [-0.05, 0) is 45.7 Å². The maximum Gasteiger partial charge on any atom is 0.329 e. The zero-order valence-corrected chi connectivity index (χ0v) is 12.5. The number of hydrogen-bond donors (Lipinski definition) is 0. The molecule has 0 radical (unpaired) electrons. The summed E-state index contributed by atoms with van der Waals surface area (Å²) in [5, 5.41) is 10.7. The third kappa shape index (κ3) is 3.71. The van der Waals surface area contributed by atoms with Crippen LogP contribution in [-0.4, -0.2) is 29.1 Å². The quantitative estimate of drug-likeness (QED) is 0.486. The SMILES string of the molecule is CC(C)(C)OC(=O)[C@@H]1CCCN1c1ccc([N+](=O)[O-])cc1. The van der Waals surface area contributed by atoms with Crippen LogP contribution in [0.1, 0.15) is 33.6 Å². The first kappa shape index (κ1) is 15.3. The van der Waals surface area contributed by atoms with E-state index in [9.17, 15) is 14.9 Å². The number of carbonyl (C=O) groups is 1. The van der Waals surface area contributed by atoms with E-state index in [2.05, 4.69) is 0 Å². The van der Waals surface area contributed by atoms with Crippen molar-refractivity contribution in [2.24, 2.45) is 0 Å². The molecule has 1 aliphatic heterocycles. The number of rotatable bonds is 3. The second kappa shape index (κ2) is 5.71. The number of ether oxygens (including phenoxy) is 1. The predicted molar refractivity (Wildman–Crippen MR) is 79.3 cm³/mol. The molecule has 0 saturated carbocycles. The maximum atomic E-state index is 12.2. The molecule has 0 aromatic heterocycles. The van der Waals surface area contributed by atoms with Crippen molar-refractivity contribution in [3.8, 4) is 0 Å². The van der Waals surface area contributed by atoms with Crippen molar-refractivity contribution in [2.75, 3.05) is 11.4 Å². The number of non-ortho nitro benzene ring substituents is 1. The molecule has 1 fully saturated rings. The molecule has 21 heavy (non-hydrogen) atoms.